The second-order valence-electron chi connectivity index (χ2n) is 15.9. The van der Waals surface area contributed by atoms with Gasteiger partial charge in [-0.15, -0.1) is 0 Å². The molecule has 1 saturated heterocycles. The van der Waals surface area contributed by atoms with Crippen LogP contribution in [0.25, 0.3) is 0 Å². The third-order valence-electron chi connectivity index (χ3n) is 8.63. The standard InChI is InChI=1S/C35H57NO6Si2/c1-32(2,3)41-31(37)36-28(30(29-25-38-35(10,11)40-29)42-43(12,13)33(4,5)6)24-39-44(34(7,8)9,26-20-16-14-17-21-26)27-22-18-15-19-23-27/h14-23,28-30H,24-25H2,1-13H3,(H,36,37)/t28-,29+,30-/m0/s1. The van der Waals surface area contributed by atoms with Crippen LogP contribution in [0.15, 0.2) is 60.7 Å². The molecule has 9 heteroatoms. The fourth-order valence-corrected chi connectivity index (χ4v) is 11.4. The number of benzene rings is 2. The third kappa shape index (κ3) is 8.82. The Balaban J connectivity index is 2.16. The molecule has 1 fully saturated rings. The van der Waals surface area contributed by atoms with Crippen molar-refractivity contribution < 1.29 is 27.9 Å². The lowest BCUT2D eigenvalue weighted by atomic mass is 10.1. The molecule has 1 amide bonds. The van der Waals surface area contributed by atoms with E-state index in [0.29, 0.717) is 6.61 Å². The lowest BCUT2D eigenvalue weighted by molar-refractivity contribution is -0.152. The quantitative estimate of drug-likeness (QED) is 0.281. The molecule has 0 aromatic heterocycles. The van der Waals surface area contributed by atoms with Gasteiger partial charge < -0.3 is 28.4 Å². The molecule has 0 radical (unpaired) electrons. The van der Waals surface area contributed by atoms with E-state index >= 15 is 0 Å². The van der Waals surface area contributed by atoms with Crippen molar-refractivity contribution >= 4 is 33.1 Å². The smallest absolute Gasteiger partial charge is 0.408 e. The van der Waals surface area contributed by atoms with Crippen LogP contribution in [0.4, 0.5) is 4.79 Å². The summed E-state index contributed by atoms with van der Waals surface area (Å²) >= 11 is 0. The number of ether oxygens (including phenoxy) is 3. The van der Waals surface area contributed by atoms with Crippen molar-refractivity contribution in [3.63, 3.8) is 0 Å². The van der Waals surface area contributed by atoms with Crippen LogP contribution >= 0.6 is 0 Å². The molecule has 0 unspecified atom stereocenters. The number of carbonyl (C=O) groups excluding carboxylic acids is 1. The Labute approximate surface area is 268 Å². The molecule has 44 heavy (non-hydrogen) atoms. The highest BCUT2D eigenvalue weighted by atomic mass is 28.4. The minimum Gasteiger partial charge on any atom is -0.444 e. The average Bonchev–Trinajstić information content (AvgIpc) is 3.25. The minimum atomic E-state index is -2.93. The van der Waals surface area contributed by atoms with E-state index in [1.54, 1.807) is 0 Å². The molecule has 1 aliphatic rings. The van der Waals surface area contributed by atoms with E-state index in [-0.39, 0.29) is 16.7 Å². The van der Waals surface area contributed by atoms with Crippen molar-refractivity contribution in [3.05, 3.63) is 60.7 Å². The van der Waals surface area contributed by atoms with Crippen molar-refractivity contribution in [2.24, 2.45) is 0 Å². The lowest BCUT2D eigenvalue weighted by Gasteiger charge is -2.46. The molecule has 246 valence electrons. The summed E-state index contributed by atoms with van der Waals surface area (Å²) in [6, 6.07) is 20.4. The summed E-state index contributed by atoms with van der Waals surface area (Å²) in [5, 5.41) is 5.19. The van der Waals surface area contributed by atoms with Gasteiger partial charge >= 0.3 is 6.09 Å². The van der Waals surface area contributed by atoms with Gasteiger partial charge in [0.25, 0.3) is 8.32 Å². The first-order chi connectivity index (χ1) is 20.1. The highest BCUT2D eigenvalue weighted by molar-refractivity contribution is 6.99. The summed E-state index contributed by atoms with van der Waals surface area (Å²) in [7, 11) is -5.28. The number of nitrogens with one attached hydrogen (secondary N) is 1. The maximum absolute atomic E-state index is 13.4. The molecule has 1 heterocycles. The third-order valence-corrected chi connectivity index (χ3v) is 18.1. The molecule has 2 aromatic rings. The largest absolute Gasteiger partial charge is 0.444 e. The summed E-state index contributed by atoms with van der Waals surface area (Å²) in [4.78, 5) is 13.4. The summed E-state index contributed by atoms with van der Waals surface area (Å²) in [5.74, 6) is -0.769. The fraction of sp³-hybridized carbons (Fsp3) is 0.629. The van der Waals surface area contributed by atoms with E-state index in [0.717, 1.165) is 10.4 Å². The van der Waals surface area contributed by atoms with E-state index in [1.165, 1.54) is 0 Å². The Bertz CT molecular complexity index is 1180. The Morgan fingerprint density at radius 3 is 1.77 bits per heavy atom. The summed E-state index contributed by atoms with van der Waals surface area (Å²) in [6.45, 7) is 27.7. The van der Waals surface area contributed by atoms with Gasteiger partial charge in [-0.25, -0.2) is 4.79 Å². The monoisotopic (exact) mass is 643 g/mol. The van der Waals surface area contributed by atoms with Crippen molar-refractivity contribution in [2.45, 2.75) is 129 Å². The topological polar surface area (TPSA) is 75.3 Å². The number of alkyl carbamates (subject to hydrolysis) is 1. The molecule has 0 saturated carbocycles. The second kappa shape index (κ2) is 13.4. The van der Waals surface area contributed by atoms with E-state index in [9.17, 15) is 4.79 Å². The maximum atomic E-state index is 13.4. The van der Waals surface area contributed by atoms with Gasteiger partial charge in [-0.1, -0.05) is 102 Å². The van der Waals surface area contributed by atoms with Gasteiger partial charge in [0.1, 0.15) is 11.7 Å². The first-order valence-corrected chi connectivity index (χ1v) is 20.6. The predicted octanol–water partition coefficient (Wildman–Crippen LogP) is 7.00. The number of carbonyl (C=O) groups is 1. The van der Waals surface area contributed by atoms with E-state index in [1.807, 2.05) is 46.8 Å². The zero-order valence-electron chi connectivity index (χ0n) is 29.4. The Hall–Kier alpha value is -2.02. The van der Waals surface area contributed by atoms with E-state index in [4.69, 9.17) is 23.1 Å². The van der Waals surface area contributed by atoms with Gasteiger partial charge in [-0.3, -0.25) is 0 Å². The molecule has 3 atom stereocenters. The van der Waals surface area contributed by atoms with Crippen LogP contribution in [-0.2, 0) is 23.1 Å². The molecule has 0 bridgehead atoms. The van der Waals surface area contributed by atoms with E-state index < -0.39 is 52.4 Å². The number of amides is 1. The average molecular weight is 644 g/mol. The lowest BCUT2D eigenvalue weighted by Crippen LogP contribution is -2.68. The zero-order chi connectivity index (χ0) is 33.2. The number of rotatable bonds is 10. The second-order valence-corrected chi connectivity index (χ2v) is 25.0. The van der Waals surface area contributed by atoms with Gasteiger partial charge in [-0.05, 0) is 68.2 Å². The van der Waals surface area contributed by atoms with Crippen LogP contribution in [0.5, 0.6) is 0 Å². The summed E-state index contributed by atoms with van der Waals surface area (Å²) < 4.78 is 32.8. The number of hydrogen-bond acceptors (Lipinski definition) is 6. The van der Waals surface area contributed by atoms with Crippen molar-refractivity contribution in [1.82, 2.24) is 5.32 Å². The van der Waals surface area contributed by atoms with Crippen molar-refractivity contribution in [1.29, 1.82) is 0 Å². The Kier molecular flexibility index (Phi) is 11.1. The van der Waals surface area contributed by atoms with E-state index in [2.05, 4.69) is 108 Å². The number of hydrogen-bond donors (Lipinski definition) is 1. The molecule has 2 aromatic carbocycles. The molecule has 0 spiro atoms. The highest BCUT2D eigenvalue weighted by Crippen LogP contribution is 2.40. The molecule has 0 aliphatic carbocycles. The fourth-order valence-electron chi connectivity index (χ4n) is 5.47. The van der Waals surface area contributed by atoms with Crippen LogP contribution in [0, 0.1) is 0 Å². The molecule has 1 N–H and O–H groups in total. The highest BCUT2D eigenvalue weighted by Gasteiger charge is 2.52. The van der Waals surface area contributed by atoms with Gasteiger partial charge in [-0.2, -0.15) is 0 Å². The summed E-state index contributed by atoms with van der Waals surface area (Å²) in [6.07, 6.45) is -1.47. The summed E-state index contributed by atoms with van der Waals surface area (Å²) in [5.41, 5.74) is -0.668. The SMILES string of the molecule is CC(C)(C)OC(=O)N[C@@H](CO[Si](c1ccccc1)(c1ccccc1)C(C)(C)C)[C@H](O[Si](C)(C)C(C)(C)C)[C@H]1COC(C)(C)O1. The molecule has 7 nitrogen and oxygen atoms in total. The Morgan fingerprint density at radius 2 is 1.39 bits per heavy atom. The molecule has 1 aliphatic heterocycles. The molecule has 3 rings (SSSR count). The van der Waals surface area contributed by atoms with Crippen LogP contribution in [0.2, 0.25) is 23.2 Å². The van der Waals surface area contributed by atoms with Gasteiger partial charge in [0, 0.05) is 0 Å². The van der Waals surface area contributed by atoms with Crippen LogP contribution in [0.3, 0.4) is 0 Å². The van der Waals surface area contributed by atoms with Gasteiger partial charge in [0.2, 0.25) is 0 Å². The zero-order valence-corrected chi connectivity index (χ0v) is 31.4. The maximum Gasteiger partial charge on any atom is 0.408 e. The first-order valence-electron chi connectivity index (χ1n) is 15.8. The van der Waals surface area contributed by atoms with Crippen molar-refractivity contribution in [3.8, 4) is 0 Å². The normalized spacial score (nSPS) is 19.3. The first kappa shape index (κ1) is 36.5. The molecular weight excluding hydrogens is 587 g/mol. The van der Waals surface area contributed by atoms with Gasteiger partial charge in [0.15, 0.2) is 14.1 Å². The van der Waals surface area contributed by atoms with Crippen LogP contribution in [0.1, 0.15) is 76.2 Å². The minimum absolute atomic E-state index is 0.0739. The van der Waals surface area contributed by atoms with Gasteiger partial charge in [0.05, 0.1) is 25.4 Å². The van der Waals surface area contributed by atoms with Crippen molar-refractivity contribution in [2.75, 3.05) is 13.2 Å². The predicted molar refractivity (Wildman–Crippen MR) is 184 cm³/mol. The van der Waals surface area contributed by atoms with Crippen LogP contribution < -0.4 is 15.7 Å². The van der Waals surface area contributed by atoms with Crippen LogP contribution in [-0.4, -0.2) is 65.6 Å². The Morgan fingerprint density at radius 1 is 0.886 bits per heavy atom. The molecular formula is C35H57NO6Si2.